The van der Waals surface area contributed by atoms with E-state index in [1.807, 2.05) is 12.1 Å². The molecule has 3 rings (SSSR count). The molecule has 0 heterocycles. The predicted molar refractivity (Wildman–Crippen MR) is 80.0 cm³/mol. The van der Waals surface area contributed by atoms with Crippen LogP contribution in [0, 0.1) is 5.92 Å². The topological polar surface area (TPSA) is 32.7 Å². The zero-order chi connectivity index (χ0) is 14.3. The number of benzene rings is 1. The normalized spacial score (nSPS) is 25.3. The number of ether oxygens (including phenoxy) is 1. The highest BCUT2D eigenvalue weighted by molar-refractivity contribution is 5.41. The van der Waals surface area contributed by atoms with Crippen molar-refractivity contribution in [2.75, 3.05) is 13.7 Å². The summed E-state index contributed by atoms with van der Waals surface area (Å²) < 4.78 is 5.28. The SMILES string of the molecule is COc1ccc2c(c1)C(O)C(N(CC1CC1)C(C)C)C2. The van der Waals surface area contributed by atoms with Crippen LogP contribution >= 0.6 is 0 Å². The standard InChI is InChI=1S/C17H25NO2/c1-11(2)18(10-12-4-5-12)16-8-13-6-7-14(20-3)9-15(13)17(16)19/h6-7,9,11-12,16-17,19H,4-5,8,10H2,1-3H3. The molecule has 0 aliphatic heterocycles. The molecule has 2 unspecified atom stereocenters. The number of fused-ring (bicyclic) bond motifs is 1. The fourth-order valence-corrected chi connectivity index (χ4v) is 3.33. The maximum absolute atomic E-state index is 10.7. The van der Waals surface area contributed by atoms with Gasteiger partial charge in [0.05, 0.1) is 13.2 Å². The molecule has 20 heavy (non-hydrogen) atoms. The van der Waals surface area contributed by atoms with Crippen LogP contribution in [0.15, 0.2) is 18.2 Å². The number of hydrogen-bond donors (Lipinski definition) is 1. The number of methoxy groups -OCH3 is 1. The van der Waals surface area contributed by atoms with E-state index in [-0.39, 0.29) is 12.1 Å². The Morgan fingerprint density at radius 3 is 2.70 bits per heavy atom. The number of aliphatic hydroxyl groups excluding tert-OH is 1. The van der Waals surface area contributed by atoms with Crippen molar-refractivity contribution in [3.05, 3.63) is 29.3 Å². The van der Waals surface area contributed by atoms with Crippen LogP contribution in [0.5, 0.6) is 5.75 Å². The lowest BCUT2D eigenvalue weighted by molar-refractivity contribution is 0.0391. The molecule has 0 spiro atoms. The predicted octanol–water partition coefficient (Wildman–Crippen LogP) is 2.77. The monoisotopic (exact) mass is 275 g/mol. The molecule has 0 aromatic heterocycles. The number of rotatable bonds is 5. The molecule has 1 fully saturated rings. The van der Waals surface area contributed by atoms with Crippen molar-refractivity contribution in [2.45, 2.75) is 51.3 Å². The Bertz CT molecular complexity index is 482. The molecule has 0 radical (unpaired) electrons. The Morgan fingerprint density at radius 1 is 1.35 bits per heavy atom. The summed E-state index contributed by atoms with van der Waals surface area (Å²) in [7, 11) is 1.67. The second-order valence-corrected chi connectivity index (χ2v) is 6.51. The summed E-state index contributed by atoms with van der Waals surface area (Å²) in [6.45, 7) is 5.60. The van der Waals surface area contributed by atoms with Gasteiger partial charge in [-0.25, -0.2) is 0 Å². The average molecular weight is 275 g/mol. The van der Waals surface area contributed by atoms with Crippen molar-refractivity contribution in [1.82, 2.24) is 4.90 Å². The largest absolute Gasteiger partial charge is 0.497 e. The number of nitrogens with zero attached hydrogens (tertiary/aromatic N) is 1. The summed E-state index contributed by atoms with van der Waals surface area (Å²) in [5, 5.41) is 10.7. The van der Waals surface area contributed by atoms with E-state index in [4.69, 9.17) is 4.74 Å². The molecule has 1 N–H and O–H groups in total. The van der Waals surface area contributed by atoms with Crippen molar-refractivity contribution in [1.29, 1.82) is 0 Å². The summed E-state index contributed by atoms with van der Waals surface area (Å²) in [5.41, 5.74) is 2.32. The van der Waals surface area contributed by atoms with E-state index in [0.717, 1.165) is 30.2 Å². The fourth-order valence-electron chi connectivity index (χ4n) is 3.33. The zero-order valence-electron chi connectivity index (χ0n) is 12.7. The fraction of sp³-hybridized carbons (Fsp3) is 0.647. The van der Waals surface area contributed by atoms with Crippen LogP contribution in [0.25, 0.3) is 0 Å². The van der Waals surface area contributed by atoms with Gasteiger partial charge in [-0.1, -0.05) is 6.07 Å². The van der Waals surface area contributed by atoms with E-state index < -0.39 is 0 Å². The molecule has 3 nitrogen and oxygen atoms in total. The summed E-state index contributed by atoms with van der Waals surface area (Å²) in [6, 6.07) is 6.79. The molecule has 2 atom stereocenters. The molecule has 1 aromatic rings. The molecular weight excluding hydrogens is 250 g/mol. The summed E-state index contributed by atoms with van der Waals surface area (Å²) in [5.74, 6) is 1.68. The van der Waals surface area contributed by atoms with Gasteiger partial charge in [0, 0.05) is 18.6 Å². The van der Waals surface area contributed by atoms with Crippen LogP contribution in [0.4, 0.5) is 0 Å². The van der Waals surface area contributed by atoms with E-state index >= 15 is 0 Å². The van der Waals surface area contributed by atoms with Gasteiger partial charge >= 0.3 is 0 Å². The Kier molecular flexibility index (Phi) is 3.74. The quantitative estimate of drug-likeness (QED) is 0.897. The highest BCUT2D eigenvalue weighted by atomic mass is 16.5. The minimum atomic E-state index is -0.388. The van der Waals surface area contributed by atoms with E-state index in [9.17, 15) is 5.11 Å². The number of aliphatic hydroxyl groups is 1. The van der Waals surface area contributed by atoms with E-state index in [2.05, 4.69) is 24.8 Å². The second-order valence-electron chi connectivity index (χ2n) is 6.51. The van der Waals surface area contributed by atoms with Crippen LogP contribution in [0.2, 0.25) is 0 Å². The Labute approximate surface area is 121 Å². The molecule has 0 bridgehead atoms. The molecule has 0 saturated heterocycles. The van der Waals surface area contributed by atoms with Gasteiger partial charge < -0.3 is 9.84 Å². The lowest BCUT2D eigenvalue weighted by Crippen LogP contribution is -2.44. The minimum Gasteiger partial charge on any atom is -0.497 e. The van der Waals surface area contributed by atoms with Crippen LogP contribution < -0.4 is 4.74 Å². The van der Waals surface area contributed by atoms with E-state index in [1.54, 1.807) is 7.11 Å². The molecule has 1 saturated carbocycles. The molecule has 1 aromatic carbocycles. The Balaban J connectivity index is 1.81. The van der Waals surface area contributed by atoms with Crippen LogP contribution in [0.3, 0.4) is 0 Å². The average Bonchev–Trinajstić information content (AvgIpc) is 3.20. The zero-order valence-corrected chi connectivity index (χ0v) is 12.7. The van der Waals surface area contributed by atoms with Gasteiger partial charge in [0.2, 0.25) is 0 Å². The van der Waals surface area contributed by atoms with Crippen molar-refractivity contribution in [3.8, 4) is 5.75 Å². The molecule has 110 valence electrons. The first-order valence-electron chi connectivity index (χ1n) is 7.70. The van der Waals surface area contributed by atoms with E-state index in [0.29, 0.717) is 6.04 Å². The highest BCUT2D eigenvalue weighted by Crippen LogP contribution is 2.39. The summed E-state index contributed by atoms with van der Waals surface area (Å²) in [6.07, 6.45) is 3.27. The number of hydrogen-bond acceptors (Lipinski definition) is 3. The second kappa shape index (κ2) is 5.38. The molecular formula is C17H25NO2. The van der Waals surface area contributed by atoms with Gasteiger partial charge in [0.25, 0.3) is 0 Å². The molecule has 0 amide bonds. The highest BCUT2D eigenvalue weighted by Gasteiger charge is 2.38. The maximum atomic E-state index is 10.7. The van der Waals surface area contributed by atoms with Crippen molar-refractivity contribution >= 4 is 0 Å². The lowest BCUT2D eigenvalue weighted by Gasteiger charge is -2.34. The molecule has 2 aliphatic carbocycles. The summed E-state index contributed by atoms with van der Waals surface area (Å²) >= 11 is 0. The minimum absolute atomic E-state index is 0.220. The Morgan fingerprint density at radius 2 is 2.10 bits per heavy atom. The van der Waals surface area contributed by atoms with Crippen molar-refractivity contribution in [3.63, 3.8) is 0 Å². The first kappa shape index (κ1) is 13.9. The van der Waals surface area contributed by atoms with Crippen molar-refractivity contribution in [2.24, 2.45) is 5.92 Å². The first-order chi connectivity index (χ1) is 9.60. The van der Waals surface area contributed by atoms with Crippen LogP contribution in [-0.4, -0.2) is 35.7 Å². The van der Waals surface area contributed by atoms with Gasteiger partial charge in [-0.2, -0.15) is 0 Å². The maximum Gasteiger partial charge on any atom is 0.119 e. The smallest absolute Gasteiger partial charge is 0.119 e. The third-order valence-corrected chi connectivity index (χ3v) is 4.72. The lowest BCUT2D eigenvalue weighted by atomic mass is 10.1. The first-order valence-corrected chi connectivity index (χ1v) is 7.70. The van der Waals surface area contributed by atoms with Gasteiger partial charge in [-0.3, -0.25) is 4.90 Å². The molecule has 2 aliphatic rings. The third-order valence-electron chi connectivity index (χ3n) is 4.72. The van der Waals surface area contributed by atoms with E-state index in [1.165, 1.54) is 18.4 Å². The van der Waals surface area contributed by atoms with Gasteiger partial charge in [0.1, 0.15) is 5.75 Å². The molecule has 3 heteroatoms. The summed E-state index contributed by atoms with van der Waals surface area (Å²) in [4.78, 5) is 2.49. The van der Waals surface area contributed by atoms with Crippen LogP contribution in [0.1, 0.15) is 43.9 Å². The third kappa shape index (κ3) is 2.57. The van der Waals surface area contributed by atoms with Gasteiger partial charge in [0.15, 0.2) is 0 Å². The Hall–Kier alpha value is -1.06. The van der Waals surface area contributed by atoms with Gasteiger partial charge in [-0.05, 0) is 62.3 Å². The van der Waals surface area contributed by atoms with Crippen molar-refractivity contribution < 1.29 is 9.84 Å². The van der Waals surface area contributed by atoms with Crippen LogP contribution in [-0.2, 0) is 6.42 Å². The van der Waals surface area contributed by atoms with Gasteiger partial charge in [-0.15, -0.1) is 0 Å².